The second-order valence-electron chi connectivity index (χ2n) is 8.74. The Morgan fingerprint density at radius 3 is 2.56 bits per heavy atom. The zero-order chi connectivity index (χ0) is 22.6. The number of aromatic amines is 1. The highest BCUT2D eigenvalue weighted by atomic mass is 32.2. The van der Waals surface area contributed by atoms with Gasteiger partial charge >= 0.3 is 5.97 Å². The van der Waals surface area contributed by atoms with Crippen molar-refractivity contribution in [2.45, 2.75) is 37.1 Å². The minimum atomic E-state index is -0.827. The summed E-state index contributed by atoms with van der Waals surface area (Å²) in [6, 6.07) is 1.98. The second kappa shape index (κ2) is 8.10. The summed E-state index contributed by atoms with van der Waals surface area (Å²) in [5, 5.41) is 10.2. The summed E-state index contributed by atoms with van der Waals surface area (Å²) in [6.45, 7) is 0. The lowest BCUT2D eigenvalue weighted by atomic mass is 9.57. The number of hydrogen-bond donors (Lipinski definition) is 2. The highest BCUT2D eigenvalue weighted by Crippen LogP contribution is 2.50. The molecule has 2 aromatic heterocycles. The molecule has 3 aromatic rings. The van der Waals surface area contributed by atoms with E-state index in [9.17, 15) is 18.7 Å². The summed E-state index contributed by atoms with van der Waals surface area (Å²) in [4.78, 5) is 23.5. The summed E-state index contributed by atoms with van der Waals surface area (Å²) in [6.07, 6.45) is 7.09. The minimum absolute atomic E-state index is 0.117. The maximum Gasteiger partial charge on any atom is 0.307 e. The molecule has 3 aliphatic rings. The van der Waals surface area contributed by atoms with Crippen molar-refractivity contribution in [2.24, 2.45) is 23.7 Å². The van der Waals surface area contributed by atoms with Crippen molar-refractivity contribution in [1.82, 2.24) is 15.0 Å². The number of nitrogens with zero attached hydrogens (tertiary/aromatic N) is 2. The topological polar surface area (TPSA) is 78.9 Å². The number of carbonyl (C=O) groups is 1. The lowest BCUT2D eigenvalue weighted by Gasteiger charge is -2.46. The molecule has 2 atom stereocenters. The fraction of sp³-hybridized carbons (Fsp3) is 0.435. The van der Waals surface area contributed by atoms with Gasteiger partial charge in [0.1, 0.15) is 16.7 Å². The first kappa shape index (κ1) is 21.3. The number of halogens is 3. The van der Waals surface area contributed by atoms with Gasteiger partial charge in [-0.05, 0) is 62.2 Å². The van der Waals surface area contributed by atoms with E-state index < -0.39 is 29.3 Å². The average Bonchev–Trinajstić information content (AvgIpc) is 3.20. The molecule has 32 heavy (non-hydrogen) atoms. The Morgan fingerprint density at radius 1 is 1.16 bits per heavy atom. The van der Waals surface area contributed by atoms with Gasteiger partial charge in [-0.2, -0.15) is 0 Å². The molecule has 0 aliphatic heterocycles. The Bertz CT molecular complexity index is 1210. The Hall–Kier alpha value is -2.55. The van der Waals surface area contributed by atoms with Crippen molar-refractivity contribution in [3.05, 3.63) is 41.5 Å². The zero-order valence-corrected chi connectivity index (χ0v) is 18.2. The smallest absolute Gasteiger partial charge is 0.307 e. The first-order valence-corrected chi connectivity index (χ1v) is 11.9. The van der Waals surface area contributed by atoms with Gasteiger partial charge in [0.05, 0.1) is 17.1 Å². The average molecular weight is 462 g/mol. The summed E-state index contributed by atoms with van der Waals surface area (Å²) < 4.78 is 43.2. The van der Waals surface area contributed by atoms with Crippen molar-refractivity contribution < 1.29 is 23.1 Å². The van der Waals surface area contributed by atoms with E-state index in [0.717, 1.165) is 43.5 Å². The van der Waals surface area contributed by atoms with E-state index in [1.165, 1.54) is 12.3 Å². The normalized spacial score (nSPS) is 24.9. The van der Waals surface area contributed by atoms with Crippen LogP contribution in [0.2, 0.25) is 0 Å². The predicted octanol–water partition coefficient (Wildman–Crippen LogP) is 5.44. The van der Waals surface area contributed by atoms with E-state index in [2.05, 4.69) is 15.0 Å². The molecule has 1 aromatic carbocycles. The molecule has 168 valence electrons. The van der Waals surface area contributed by atoms with Crippen LogP contribution in [0.5, 0.6) is 0 Å². The van der Waals surface area contributed by atoms with Crippen molar-refractivity contribution in [3.8, 4) is 11.4 Å². The molecule has 2 N–H and O–H groups in total. The van der Waals surface area contributed by atoms with E-state index in [1.54, 1.807) is 6.26 Å². The minimum Gasteiger partial charge on any atom is -0.481 e. The molecular weight excluding hydrogens is 439 g/mol. The molecule has 0 spiro atoms. The number of thioether (sulfide) groups is 1. The highest BCUT2D eigenvalue weighted by molar-refractivity contribution is 7.98. The number of benzene rings is 1. The van der Waals surface area contributed by atoms with E-state index in [0.29, 0.717) is 5.56 Å². The summed E-state index contributed by atoms with van der Waals surface area (Å²) in [5.74, 6) is -3.03. The van der Waals surface area contributed by atoms with Gasteiger partial charge in [0, 0.05) is 23.2 Å². The number of carboxylic acids is 1. The van der Waals surface area contributed by atoms with Crippen LogP contribution in [0.4, 0.5) is 13.2 Å². The standard InChI is InChI=1S/C23H22F3N3O2S/c1-32-22-19(26)17(8-13-10-2-4-11(5-3-10)18(13)23(30)31)28-21(29-22)15-9-27-20-14(15)6-12(24)7-16(20)25/h6-7,9-11,13,18,27H,2-5,8H2,1H3,(H,30,31)/t10?,11?,13-,18-/m0/s1. The third kappa shape index (κ3) is 3.46. The van der Waals surface area contributed by atoms with Gasteiger partial charge in [-0.3, -0.25) is 4.79 Å². The third-order valence-corrected chi connectivity index (χ3v) is 7.79. The van der Waals surface area contributed by atoms with Gasteiger partial charge in [-0.25, -0.2) is 23.1 Å². The molecule has 3 aliphatic carbocycles. The Balaban J connectivity index is 1.59. The lowest BCUT2D eigenvalue weighted by molar-refractivity contribution is -0.152. The zero-order valence-electron chi connectivity index (χ0n) is 17.4. The first-order chi connectivity index (χ1) is 15.4. The first-order valence-electron chi connectivity index (χ1n) is 10.7. The van der Waals surface area contributed by atoms with Crippen LogP contribution in [0.15, 0.2) is 23.4 Å². The molecule has 3 saturated carbocycles. The number of H-pyrrole nitrogens is 1. The van der Waals surface area contributed by atoms with Crippen LogP contribution >= 0.6 is 11.8 Å². The number of fused-ring (bicyclic) bond motifs is 4. The number of nitrogens with one attached hydrogen (secondary N) is 1. The largest absolute Gasteiger partial charge is 0.481 e. The van der Waals surface area contributed by atoms with Crippen LogP contribution in [0.1, 0.15) is 31.4 Å². The van der Waals surface area contributed by atoms with E-state index >= 15 is 4.39 Å². The van der Waals surface area contributed by atoms with Gasteiger partial charge in [-0.15, -0.1) is 11.8 Å². The monoisotopic (exact) mass is 461 g/mol. The van der Waals surface area contributed by atoms with E-state index in [4.69, 9.17) is 0 Å². The van der Waals surface area contributed by atoms with Crippen LogP contribution in [0, 0.1) is 41.1 Å². The quantitative estimate of drug-likeness (QED) is 0.391. The summed E-state index contributed by atoms with van der Waals surface area (Å²) in [7, 11) is 0. The molecule has 0 radical (unpaired) electrons. The molecule has 2 heterocycles. The van der Waals surface area contributed by atoms with Crippen LogP contribution in [-0.4, -0.2) is 32.3 Å². The SMILES string of the molecule is CSc1nc(-c2c[nH]c3c(F)cc(F)cc23)nc(C[C@H]2C3CCC(CC3)[C@@H]2C(=O)O)c1F. The van der Waals surface area contributed by atoms with Gasteiger partial charge in [0.25, 0.3) is 0 Å². The van der Waals surface area contributed by atoms with Crippen molar-refractivity contribution in [3.63, 3.8) is 0 Å². The molecule has 3 fully saturated rings. The number of aromatic nitrogens is 3. The Kier molecular flexibility index (Phi) is 5.39. The predicted molar refractivity (Wildman–Crippen MR) is 115 cm³/mol. The number of hydrogen-bond acceptors (Lipinski definition) is 4. The van der Waals surface area contributed by atoms with Gasteiger partial charge in [0.2, 0.25) is 0 Å². The lowest BCUT2D eigenvalue weighted by Crippen LogP contribution is -2.45. The molecule has 6 rings (SSSR count). The van der Waals surface area contributed by atoms with Crippen LogP contribution in [-0.2, 0) is 11.2 Å². The molecule has 9 heteroatoms. The maximum atomic E-state index is 15.2. The number of aliphatic carboxylic acids is 1. The van der Waals surface area contributed by atoms with E-state index in [-0.39, 0.29) is 51.6 Å². The summed E-state index contributed by atoms with van der Waals surface area (Å²) in [5.41, 5.74) is 0.654. The van der Waals surface area contributed by atoms with Gasteiger partial charge in [0.15, 0.2) is 11.6 Å². The Morgan fingerprint density at radius 2 is 1.88 bits per heavy atom. The van der Waals surface area contributed by atoms with E-state index in [1.807, 2.05) is 0 Å². The molecular formula is C23H22F3N3O2S. The number of rotatable bonds is 5. The van der Waals surface area contributed by atoms with Gasteiger partial charge < -0.3 is 10.1 Å². The van der Waals surface area contributed by atoms with Crippen LogP contribution < -0.4 is 0 Å². The fourth-order valence-electron chi connectivity index (χ4n) is 5.68. The van der Waals surface area contributed by atoms with Gasteiger partial charge in [-0.1, -0.05) is 0 Å². The molecule has 0 saturated heterocycles. The number of carboxylic acid groups (broad SMARTS) is 1. The molecule has 0 amide bonds. The van der Waals surface area contributed by atoms with Crippen LogP contribution in [0.3, 0.4) is 0 Å². The van der Waals surface area contributed by atoms with Crippen molar-refractivity contribution in [1.29, 1.82) is 0 Å². The third-order valence-electron chi connectivity index (χ3n) is 7.14. The highest BCUT2D eigenvalue weighted by Gasteiger charge is 2.47. The fourth-order valence-corrected chi connectivity index (χ4v) is 6.15. The second-order valence-corrected chi connectivity index (χ2v) is 9.53. The maximum absolute atomic E-state index is 15.2. The Labute approximate surface area is 186 Å². The molecule has 0 unspecified atom stereocenters. The van der Waals surface area contributed by atoms with Crippen LogP contribution in [0.25, 0.3) is 22.3 Å². The molecule has 5 nitrogen and oxygen atoms in total. The molecule has 2 bridgehead atoms. The van der Waals surface area contributed by atoms with Crippen molar-refractivity contribution in [2.75, 3.05) is 6.26 Å². The summed E-state index contributed by atoms with van der Waals surface area (Å²) >= 11 is 1.12. The van der Waals surface area contributed by atoms with Crippen molar-refractivity contribution >= 4 is 28.6 Å².